The van der Waals surface area contributed by atoms with Gasteiger partial charge in [-0.2, -0.15) is 0 Å². The summed E-state index contributed by atoms with van der Waals surface area (Å²) in [5.74, 6) is -1.77. The Labute approximate surface area is 141 Å². The molecule has 0 spiro atoms. The number of ketones is 1. The lowest BCUT2D eigenvalue weighted by molar-refractivity contribution is -0.147. The second kappa shape index (κ2) is 9.31. The van der Waals surface area contributed by atoms with Crippen molar-refractivity contribution >= 4 is 41.2 Å². The Morgan fingerprint density at radius 1 is 1.41 bits per heavy atom. The molecule has 0 radical (unpaired) electrons. The van der Waals surface area contributed by atoms with Gasteiger partial charge < -0.3 is 4.74 Å². The molecular weight excluding hydrogens is 325 g/mol. The van der Waals surface area contributed by atoms with Gasteiger partial charge in [-0.25, -0.2) is 0 Å². The minimum Gasteiger partial charge on any atom is -0.465 e. The Hall–Kier alpha value is -0.870. The van der Waals surface area contributed by atoms with E-state index >= 15 is 0 Å². The highest BCUT2D eigenvalue weighted by Crippen LogP contribution is 2.34. The van der Waals surface area contributed by atoms with Gasteiger partial charge in [0, 0.05) is 18.3 Å². The van der Waals surface area contributed by atoms with Gasteiger partial charge in [0.2, 0.25) is 0 Å². The second-order valence-corrected chi connectivity index (χ2v) is 6.21. The van der Waals surface area contributed by atoms with Gasteiger partial charge in [-0.15, -0.1) is 23.2 Å². The highest BCUT2D eigenvalue weighted by molar-refractivity contribution is 6.30. The molecule has 1 aliphatic carbocycles. The summed E-state index contributed by atoms with van der Waals surface area (Å²) in [6.45, 7) is 6.26. The number of alkyl halides is 2. The van der Waals surface area contributed by atoms with Gasteiger partial charge >= 0.3 is 5.97 Å². The maximum absolute atomic E-state index is 12.7. The Morgan fingerprint density at radius 2 is 2.09 bits per heavy atom. The van der Waals surface area contributed by atoms with Gasteiger partial charge in [0.25, 0.3) is 0 Å². The maximum Gasteiger partial charge on any atom is 0.322 e. The molecule has 0 aromatic heterocycles. The lowest BCUT2D eigenvalue weighted by atomic mass is 9.83. The molecule has 0 saturated heterocycles. The predicted molar refractivity (Wildman–Crippen MR) is 89.9 cm³/mol. The van der Waals surface area contributed by atoms with Crippen LogP contribution in [0.2, 0.25) is 0 Å². The number of Topliss-reactive ketones (excluding diaryl/α,β-unsaturated/α-hetero) is 1. The summed E-state index contributed by atoms with van der Waals surface area (Å²) >= 11 is 12.6. The van der Waals surface area contributed by atoms with Gasteiger partial charge in [0.15, 0.2) is 11.7 Å². The molecule has 0 bridgehead atoms. The Bertz CT molecular complexity index is 462. The van der Waals surface area contributed by atoms with E-state index in [0.29, 0.717) is 18.5 Å². The molecule has 1 rings (SSSR count). The van der Waals surface area contributed by atoms with Crippen molar-refractivity contribution in [2.24, 2.45) is 16.8 Å². The lowest BCUT2D eigenvalue weighted by Gasteiger charge is -2.29. The average molecular weight is 348 g/mol. The van der Waals surface area contributed by atoms with Crippen LogP contribution in [0.4, 0.5) is 0 Å². The van der Waals surface area contributed by atoms with E-state index < -0.39 is 17.3 Å². The van der Waals surface area contributed by atoms with Gasteiger partial charge in [0.05, 0.1) is 17.4 Å². The number of allylic oxidation sites excluding steroid dienone is 2. The monoisotopic (exact) mass is 347 g/mol. The molecule has 0 amide bonds. The van der Waals surface area contributed by atoms with E-state index in [-0.39, 0.29) is 23.7 Å². The first-order valence-electron chi connectivity index (χ1n) is 7.66. The largest absolute Gasteiger partial charge is 0.465 e. The molecule has 124 valence electrons. The Balaban J connectivity index is 3.02. The van der Waals surface area contributed by atoms with Crippen LogP contribution < -0.4 is 0 Å². The number of ether oxygens (including phenoxy) is 1. The van der Waals surface area contributed by atoms with E-state index in [9.17, 15) is 9.59 Å². The van der Waals surface area contributed by atoms with Crippen LogP contribution in [-0.2, 0) is 14.3 Å². The van der Waals surface area contributed by atoms with Gasteiger partial charge in [-0.3, -0.25) is 14.6 Å². The third kappa shape index (κ3) is 4.82. The molecule has 4 unspecified atom stereocenters. The standard InChI is InChI=1S/C16H23Cl2NO3/c1-4-10-7-14(18)11(8-13(10)17)15(20)12(9-19-5-2)16(21)22-6-3/h8-10,12-14H,4-7H2,1-3H3. The molecule has 0 heterocycles. The van der Waals surface area contributed by atoms with Crippen LogP contribution in [0.1, 0.15) is 33.6 Å². The zero-order chi connectivity index (χ0) is 16.7. The molecule has 1 aliphatic rings. The highest BCUT2D eigenvalue weighted by atomic mass is 35.5. The topological polar surface area (TPSA) is 55.7 Å². The molecule has 0 aromatic rings. The van der Waals surface area contributed by atoms with E-state index in [0.717, 1.165) is 6.42 Å². The zero-order valence-corrected chi connectivity index (χ0v) is 14.7. The number of nitrogens with zero attached hydrogens (tertiary/aromatic N) is 1. The number of halogens is 2. The normalized spacial score (nSPS) is 26.6. The fraction of sp³-hybridized carbons (Fsp3) is 0.688. The van der Waals surface area contributed by atoms with Crippen molar-refractivity contribution in [1.82, 2.24) is 0 Å². The second-order valence-electron chi connectivity index (χ2n) is 5.18. The summed E-state index contributed by atoms with van der Waals surface area (Å²) in [6, 6.07) is 0. The lowest BCUT2D eigenvalue weighted by Crippen LogP contribution is -2.35. The van der Waals surface area contributed by atoms with Crippen LogP contribution in [-0.4, -0.2) is 41.9 Å². The van der Waals surface area contributed by atoms with E-state index in [2.05, 4.69) is 4.99 Å². The van der Waals surface area contributed by atoms with Crippen LogP contribution in [0.3, 0.4) is 0 Å². The third-order valence-corrected chi connectivity index (χ3v) is 4.60. The van der Waals surface area contributed by atoms with Crippen LogP contribution in [0, 0.1) is 11.8 Å². The number of hydrogen-bond acceptors (Lipinski definition) is 4. The van der Waals surface area contributed by atoms with Crippen LogP contribution in [0.25, 0.3) is 0 Å². The summed E-state index contributed by atoms with van der Waals surface area (Å²) in [6.07, 6.45) is 4.56. The highest BCUT2D eigenvalue weighted by Gasteiger charge is 2.36. The van der Waals surface area contributed by atoms with Crippen molar-refractivity contribution in [2.75, 3.05) is 13.2 Å². The minimum absolute atomic E-state index is 0.210. The average Bonchev–Trinajstić information content (AvgIpc) is 2.49. The molecule has 0 N–H and O–H groups in total. The smallest absolute Gasteiger partial charge is 0.322 e. The minimum atomic E-state index is -1.05. The number of hydrogen-bond donors (Lipinski definition) is 0. The van der Waals surface area contributed by atoms with Crippen LogP contribution >= 0.6 is 23.2 Å². The Morgan fingerprint density at radius 3 is 2.64 bits per heavy atom. The maximum atomic E-state index is 12.7. The predicted octanol–water partition coefficient (Wildman–Crippen LogP) is 3.40. The molecule has 4 atom stereocenters. The van der Waals surface area contributed by atoms with E-state index in [1.54, 1.807) is 13.0 Å². The van der Waals surface area contributed by atoms with Crippen molar-refractivity contribution < 1.29 is 14.3 Å². The number of rotatable bonds is 7. The van der Waals surface area contributed by atoms with Crippen LogP contribution in [0.15, 0.2) is 16.6 Å². The third-order valence-electron chi connectivity index (χ3n) is 3.71. The number of aliphatic imine (C=N–C) groups is 1. The summed E-state index contributed by atoms with van der Waals surface area (Å²) in [5.41, 5.74) is 0.395. The summed E-state index contributed by atoms with van der Waals surface area (Å²) < 4.78 is 4.96. The quantitative estimate of drug-likeness (QED) is 0.307. The van der Waals surface area contributed by atoms with Crippen molar-refractivity contribution in [2.45, 2.75) is 44.4 Å². The first-order chi connectivity index (χ1) is 10.5. The number of esters is 1. The molecule has 4 nitrogen and oxygen atoms in total. The van der Waals surface area contributed by atoms with Crippen molar-refractivity contribution in [3.8, 4) is 0 Å². The molecular formula is C16H23Cl2NO3. The van der Waals surface area contributed by atoms with Gasteiger partial charge in [-0.05, 0) is 26.2 Å². The van der Waals surface area contributed by atoms with E-state index in [1.807, 2.05) is 13.8 Å². The summed E-state index contributed by atoms with van der Waals surface area (Å²) in [4.78, 5) is 28.7. The zero-order valence-electron chi connectivity index (χ0n) is 13.2. The first-order valence-corrected chi connectivity index (χ1v) is 8.54. The summed E-state index contributed by atoms with van der Waals surface area (Å²) in [5, 5.41) is -0.677. The number of carbonyl (C=O) groups is 2. The number of carbonyl (C=O) groups excluding carboxylic acids is 2. The SMILES string of the molecule is CCN=CC(C(=O)OCC)C(=O)C1=CC(Cl)C(CC)CC1Cl. The molecule has 0 aromatic carbocycles. The molecule has 0 fully saturated rings. The van der Waals surface area contributed by atoms with Crippen molar-refractivity contribution in [3.63, 3.8) is 0 Å². The van der Waals surface area contributed by atoms with Crippen LogP contribution in [0.5, 0.6) is 0 Å². The van der Waals surface area contributed by atoms with E-state index in [4.69, 9.17) is 27.9 Å². The molecule has 6 heteroatoms. The van der Waals surface area contributed by atoms with E-state index in [1.165, 1.54) is 6.21 Å². The first kappa shape index (κ1) is 19.2. The summed E-state index contributed by atoms with van der Waals surface area (Å²) in [7, 11) is 0. The van der Waals surface area contributed by atoms with Gasteiger partial charge in [-0.1, -0.05) is 19.4 Å². The fourth-order valence-corrected chi connectivity index (χ4v) is 3.25. The fourth-order valence-electron chi connectivity index (χ4n) is 2.42. The molecule has 22 heavy (non-hydrogen) atoms. The molecule has 0 aliphatic heterocycles. The molecule has 0 saturated carbocycles. The van der Waals surface area contributed by atoms with Crippen molar-refractivity contribution in [1.29, 1.82) is 0 Å². The van der Waals surface area contributed by atoms with Crippen molar-refractivity contribution in [3.05, 3.63) is 11.6 Å². The Kier molecular flexibility index (Phi) is 8.12. The van der Waals surface area contributed by atoms with Gasteiger partial charge in [0.1, 0.15) is 0 Å².